The number of aromatic nitrogens is 3. The zero-order chi connectivity index (χ0) is 12.4. The van der Waals surface area contributed by atoms with Gasteiger partial charge in [0.05, 0.1) is 0 Å². The Balaban J connectivity index is 2.39. The van der Waals surface area contributed by atoms with Crippen LogP contribution in [0.5, 0.6) is 0 Å². The van der Waals surface area contributed by atoms with E-state index in [9.17, 15) is 0 Å². The van der Waals surface area contributed by atoms with Crippen LogP contribution in [0.15, 0.2) is 24.3 Å². The van der Waals surface area contributed by atoms with Crippen LogP contribution in [0, 0.1) is 6.92 Å². The molecule has 0 saturated heterocycles. The molecule has 0 atom stereocenters. The summed E-state index contributed by atoms with van der Waals surface area (Å²) in [6.07, 6.45) is 0. The van der Waals surface area contributed by atoms with E-state index in [0.717, 1.165) is 11.3 Å². The highest BCUT2D eigenvalue weighted by atomic mass is 35.5. The molecule has 0 amide bonds. The standard InChI is InChI=1S/C11H12ClN5/c1-7-4-3-5-8(6-7)17(2)11-15-9(12)14-10(13)16-11/h3-6H,1-2H3,(H2,13,14,15,16). The fourth-order valence-electron chi connectivity index (χ4n) is 1.46. The second-order valence-electron chi connectivity index (χ2n) is 3.66. The summed E-state index contributed by atoms with van der Waals surface area (Å²) in [6, 6.07) is 7.97. The molecule has 0 bridgehead atoms. The van der Waals surface area contributed by atoms with Crippen LogP contribution in [-0.2, 0) is 0 Å². The average molecular weight is 250 g/mol. The summed E-state index contributed by atoms with van der Waals surface area (Å²) in [5, 5.41) is 0.0898. The first-order valence-corrected chi connectivity index (χ1v) is 5.41. The zero-order valence-electron chi connectivity index (χ0n) is 9.55. The van der Waals surface area contributed by atoms with E-state index < -0.39 is 0 Å². The van der Waals surface area contributed by atoms with Crippen LogP contribution in [0.25, 0.3) is 0 Å². The summed E-state index contributed by atoms with van der Waals surface area (Å²) in [7, 11) is 1.85. The minimum absolute atomic E-state index is 0.0898. The Labute approximate surface area is 104 Å². The molecule has 0 aliphatic rings. The molecule has 0 radical (unpaired) electrons. The number of rotatable bonds is 2. The minimum Gasteiger partial charge on any atom is -0.368 e. The van der Waals surface area contributed by atoms with Gasteiger partial charge in [0.15, 0.2) is 0 Å². The third kappa shape index (κ3) is 2.62. The lowest BCUT2D eigenvalue weighted by molar-refractivity contribution is 0.995. The van der Waals surface area contributed by atoms with Crippen molar-refractivity contribution >= 4 is 29.2 Å². The molecule has 2 rings (SSSR count). The number of nitrogens with two attached hydrogens (primary N) is 1. The molecule has 0 unspecified atom stereocenters. The number of anilines is 3. The van der Waals surface area contributed by atoms with Gasteiger partial charge in [0.25, 0.3) is 0 Å². The van der Waals surface area contributed by atoms with Crippen LogP contribution in [0.4, 0.5) is 17.6 Å². The molecule has 0 aliphatic carbocycles. The molecule has 0 aliphatic heterocycles. The fourth-order valence-corrected chi connectivity index (χ4v) is 1.62. The number of benzene rings is 1. The Kier molecular flexibility index (Phi) is 3.10. The maximum atomic E-state index is 5.74. The second kappa shape index (κ2) is 4.55. The van der Waals surface area contributed by atoms with Crippen LogP contribution in [0.3, 0.4) is 0 Å². The van der Waals surface area contributed by atoms with E-state index in [4.69, 9.17) is 17.3 Å². The van der Waals surface area contributed by atoms with Gasteiger partial charge >= 0.3 is 0 Å². The number of halogens is 1. The molecule has 5 nitrogen and oxygen atoms in total. The van der Waals surface area contributed by atoms with Crippen molar-refractivity contribution < 1.29 is 0 Å². The van der Waals surface area contributed by atoms with E-state index in [2.05, 4.69) is 15.0 Å². The van der Waals surface area contributed by atoms with Gasteiger partial charge in [-0.2, -0.15) is 15.0 Å². The van der Waals surface area contributed by atoms with Gasteiger partial charge in [0, 0.05) is 12.7 Å². The number of aryl methyl sites for hydroxylation is 1. The summed E-state index contributed by atoms with van der Waals surface area (Å²) in [4.78, 5) is 13.6. The Morgan fingerprint density at radius 3 is 2.65 bits per heavy atom. The van der Waals surface area contributed by atoms with E-state index in [0.29, 0.717) is 5.95 Å². The molecule has 2 N–H and O–H groups in total. The Hall–Kier alpha value is -1.88. The molecule has 0 saturated carbocycles. The topological polar surface area (TPSA) is 67.9 Å². The Bertz CT molecular complexity index is 523. The van der Waals surface area contributed by atoms with E-state index in [1.54, 1.807) is 4.90 Å². The lowest BCUT2D eigenvalue weighted by Crippen LogP contribution is -2.14. The van der Waals surface area contributed by atoms with Crippen molar-refractivity contribution in [2.24, 2.45) is 0 Å². The Morgan fingerprint density at radius 1 is 1.24 bits per heavy atom. The van der Waals surface area contributed by atoms with Crippen molar-refractivity contribution in [1.29, 1.82) is 0 Å². The predicted molar refractivity (Wildman–Crippen MR) is 68.5 cm³/mol. The summed E-state index contributed by atoms with van der Waals surface area (Å²) in [5.74, 6) is 0.535. The molecule has 88 valence electrons. The lowest BCUT2D eigenvalue weighted by Gasteiger charge is -2.17. The van der Waals surface area contributed by atoms with Gasteiger partial charge in [-0.3, -0.25) is 0 Å². The fraction of sp³-hybridized carbons (Fsp3) is 0.182. The van der Waals surface area contributed by atoms with Crippen LogP contribution in [0.1, 0.15) is 5.56 Å². The first kappa shape index (κ1) is 11.6. The summed E-state index contributed by atoms with van der Waals surface area (Å²) < 4.78 is 0. The number of hydrogen-bond donors (Lipinski definition) is 1. The quantitative estimate of drug-likeness (QED) is 0.884. The van der Waals surface area contributed by atoms with Crippen LogP contribution in [-0.4, -0.2) is 22.0 Å². The molecule has 1 heterocycles. The lowest BCUT2D eigenvalue weighted by atomic mass is 10.2. The van der Waals surface area contributed by atoms with Crippen LogP contribution < -0.4 is 10.6 Å². The molecule has 0 spiro atoms. The molecular weight excluding hydrogens is 238 g/mol. The molecule has 1 aromatic carbocycles. The Morgan fingerprint density at radius 2 is 2.00 bits per heavy atom. The van der Waals surface area contributed by atoms with E-state index in [-0.39, 0.29) is 11.2 Å². The van der Waals surface area contributed by atoms with Gasteiger partial charge in [0.2, 0.25) is 17.2 Å². The monoisotopic (exact) mass is 249 g/mol. The van der Waals surface area contributed by atoms with Crippen molar-refractivity contribution in [2.45, 2.75) is 6.92 Å². The highest BCUT2D eigenvalue weighted by Crippen LogP contribution is 2.21. The summed E-state index contributed by atoms with van der Waals surface area (Å²) in [6.45, 7) is 2.02. The summed E-state index contributed by atoms with van der Waals surface area (Å²) in [5.41, 5.74) is 7.65. The maximum absolute atomic E-state index is 5.74. The first-order chi connectivity index (χ1) is 8.06. The number of nitrogen functional groups attached to an aromatic ring is 1. The normalized spacial score (nSPS) is 10.3. The molecule has 0 fully saturated rings. The highest BCUT2D eigenvalue weighted by Gasteiger charge is 2.09. The van der Waals surface area contributed by atoms with Crippen molar-refractivity contribution in [3.8, 4) is 0 Å². The van der Waals surface area contributed by atoms with Gasteiger partial charge in [-0.1, -0.05) is 12.1 Å². The van der Waals surface area contributed by atoms with Gasteiger partial charge in [-0.15, -0.1) is 0 Å². The second-order valence-corrected chi connectivity index (χ2v) is 4.00. The minimum atomic E-state index is 0.0898. The van der Waals surface area contributed by atoms with Crippen LogP contribution >= 0.6 is 11.6 Å². The molecule has 6 heteroatoms. The third-order valence-electron chi connectivity index (χ3n) is 2.30. The van der Waals surface area contributed by atoms with Crippen molar-refractivity contribution in [1.82, 2.24) is 15.0 Å². The predicted octanol–water partition coefficient (Wildman–Crippen LogP) is 2.18. The maximum Gasteiger partial charge on any atom is 0.235 e. The zero-order valence-corrected chi connectivity index (χ0v) is 10.3. The van der Waals surface area contributed by atoms with Crippen LogP contribution in [0.2, 0.25) is 5.28 Å². The average Bonchev–Trinajstić information content (AvgIpc) is 2.26. The van der Waals surface area contributed by atoms with E-state index in [1.165, 1.54) is 0 Å². The largest absolute Gasteiger partial charge is 0.368 e. The molecule has 2 aromatic rings. The van der Waals surface area contributed by atoms with Crippen molar-refractivity contribution in [2.75, 3.05) is 17.7 Å². The molecule has 17 heavy (non-hydrogen) atoms. The van der Waals surface area contributed by atoms with Gasteiger partial charge in [0.1, 0.15) is 0 Å². The van der Waals surface area contributed by atoms with Gasteiger partial charge in [-0.25, -0.2) is 0 Å². The SMILES string of the molecule is Cc1cccc(N(C)c2nc(N)nc(Cl)n2)c1. The van der Waals surface area contributed by atoms with Crippen molar-refractivity contribution in [3.63, 3.8) is 0 Å². The number of nitrogens with zero attached hydrogens (tertiary/aromatic N) is 4. The van der Waals surface area contributed by atoms with Crippen molar-refractivity contribution in [3.05, 3.63) is 35.1 Å². The van der Waals surface area contributed by atoms with E-state index in [1.807, 2.05) is 38.2 Å². The number of hydrogen-bond acceptors (Lipinski definition) is 5. The molecular formula is C11H12ClN5. The summed E-state index contributed by atoms with van der Waals surface area (Å²) >= 11 is 5.74. The third-order valence-corrected chi connectivity index (χ3v) is 2.47. The van der Waals surface area contributed by atoms with Gasteiger partial charge < -0.3 is 10.6 Å². The van der Waals surface area contributed by atoms with E-state index >= 15 is 0 Å². The molecule has 1 aromatic heterocycles. The van der Waals surface area contributed by atoms with Gasteiger partial charge in [-0.05, 0) is 36.2 Å². The first-order valence-electron chi connectivity index (χ1n) is 5.04. The smallest absolute Gasteiger partial charge is 0.235 e. The highest BCUT2D eigenvalue weighted by molar-refractivity contribution is 6.28.